The number of nitrogens with zero attached hydrogens (tertiary/aromatic N) is 1. The SMILES string of the molecule is C=CC(=C)N1Cc2sc(Cl)cc2C(c2ccccc2/C(=C/NC)C(=N)C(F)(F)F)C1. The van der Waals surface area contributed by atoms with Crippen LogP contribution in [0, 0.1) is 5.41 Å². The van der Waals surface area contributed by atoms with Crippen LogP contribution in [0.1, 0.15) is 27.5 Å². The van der Waals surface area contributed by atoms with Crippen LogP contribution in [0.3, 0.4) is 0 Å². The van der Waals surface area contributed by atoms with E-state index in [4.69, 9.17) is 17.0 Å². The molecule has 0 radical (unpaired) electrons. The Balaban J connectivity index is 2.16. The summed E-state index contributed by atoms with van der Waals surface area (Å²) < 4.78 is 40.8. The van der Waals surface area contributed by atoms with Crippen LogP contribution in [-0.2, 0) is 6.54 Å². The topological polar surface area (TPSA) is 39.1 Å². The lowest BCUT2D eigenvalue weighted by atomic mass is 9.83. The third kappa shape index (κ3) is 4.32. The molecule has 0 saturated carbocycles. The highest BCUT2D eigenvalue weighted by atomic mass is 35.5. The average Bonchev–Trinajstić information content (AvgIpc) is 3.09. The van der Waals surface area contributed by atoms with Crippen molar-refractivity contribution in [2.75, 3.05) is 13.6 Å². The highest BCUT2D eigenvalue weighted by Gasteiger charge is 2.39. The molecule has 1 aromatic heterocycles. The summed E-state index contributed by atoms with van der Waals surface area (Å²) in [7, 11) is 1.51. The van der Waals surface area contributed by atoms with E-state index in [2.05, 4.69) is 18.5 Å². The quantitative estimate of drug-likeness (QED) is 0.406. The van der Waals surface area contributed by atoms with Gasteiger partial charge in [0.2, 0.25) is 0 Å². The molecule has 0 bridgehead atoms. The summed E-state index contributed by atoms with van der Waals surface area (Å²) in [5, 5.41) is 10.4. The molecule has 158 valence electrons. The summed E-state index contributed by atoms with van der Waals surface area (Å²) in [4.78, 5) is 3.08. The molecule has 8 heteroatoms. The molecule has 2 heterocycles. The number of benzene rings is 1. The molecule has 1 atom stereocenters. The van der Waals surface area contributed by atoms with Crippen LogP contribution < -0.4 is 5.32 Å². The van der Waals surface area contributed by atoms with E-state index in [9.17, 15) is 13.2 Å². The van der Waals surface area contributed by atoms with Gasteiger partial charge in [0.15, 0.2) is 0 Å². The molecule has 2 aromatic rings. The van der Waals surface area contributed by atoms with Crippen molar-refractivity contribution in [3.63, 3.8) is 0 Å². The van der Waals surface area contributed by atoms with E-state index in [1.807, 2.05) is 17.0 Å². The van der Waals surface area contributed by atoms with Crippen molar-refractivity contribution in [2.45, 2.75) is 18.6 Å². The predicted molar refractivity (Wildman–Crippen MR) is 118 cm³/mol. The molecule has 0 aliphatic carbocycles. The maximum Gasteiger partial charge on any atom is 0.433 e. The Morgan fingerprint density at radius 3 is 2.67 bits per heavy atom. The van der Waals surface area contributed by atoms with E-state index >= 15 is 0 Å². The minimum Gasteiger partial charge on any atom is -0.393 e. The number of alkyl halides is 3. The predicted octanol–water partition coefficient (Wildman–Crippen LogP) is 6.19. The fourth-order valence-electron chi connectivity index (χ4n) is 3.63. The van der Waals surface area contributed by atoms with E-state index in [0.29, 0.717) is 28.6 Å². The van der Waals surface area contributed by atoms with Crippen molar-refractivity contribution in [1.29, 1.82) is 5.41 Å². The molecule has 0 amide bonds. The third-order valence-electron chi connectivity index (χ3n) is 5.03. The molecule has 0 saturated heterocycles. The first-order valence-electron chi connectivity index (χ1n) is 9.14. The van der Waals surface area contributed by atoms with Crippen LogP contribution in [0.2, 0.25) is 4.34 Å². The average molecular weight is 452 g/mol. The maximum absolute atomic E-state index is 13.4. The normalized spacial score (nSPS) is 16.8. The van der Waals surface area contributed by atoms with Gasteiger partial charge in [-0.3, -0.25) is 5.41 Å². The van der Waals surface area contributed by atoms with E-state index in [1.54, 1.807) is 24.3 Å². The molecule has 1 aliphatic rings. The van der Waals surface area contributed by atoms with Gasteiger partial charge in [0, 0.05) is 41.9 Å². The molecule has 1 aromatic carbocycles. The monoisotopic (exact) mass is 451 g/mol. The lowest BCUT2D eigenvalue weighted by Gasteiger charge is -2.36. The Morgan fingerprint density at radius 2 is 2.03 bits per heavy atom. The fourth-order valence-corrected chi connectivity index (χ4v) is 4.98. The summed E-state index contributed by atoms with van der Waals surface area (Å²) in [5.41, 5.74) is 1.19. The number of halogens is 4. The number of allylic oxidation sites excluding steroid dienone is 2. The molecule has 1 aliphatic heterocycles. The summed E-state index contributed by atoms with van der Waals surface area (Å²) in [5.74, 6) is -0.230. The first-order chi connectivity index (χ1) is 14.2. The minimum atomic E-state index is -4.76. The van der Waals surface area contributed by atoms with Crippen molar-refractivity contribution in [3.8, 4) is 0 Å². The second kappa shape index (κ2) is 8.70. The molecule has 0 spiro atoms. The zero-order valence-corrected chi connectivity index (χ0v) is 17.9. The third-order valence-corrected chi connectivity index (χ3v) is 6.30. The maximum atomic E-state index is 13.4. The molecular weight excluding hydrogens is 431 g/mol. The Kier molecular flexibility index (Phi) is 6.43. The van der Waals surface area contributed by atoms with E-state index in [1.165, 1.54) is 24.6 Å². The largest absolute Gasteiger partial charge is 0.433 e. The molecule has 30 heavy (non-hydrogen) atoms. The summed E-state index contributed by atoms with van der Waals surface area (Å²) in [6.07, 6.45) is -1.88. The Bertz CT molecular complexity index is 1020. The second-order valence-corrected chi connectivity index (χ2v) is 8.63. The molecule has 0 fully saturated rings. The molecule has 3 nitrogen and oxygen atoms in total. The van der Waals surface area contributed by atoms with E-state index in [-0.39, 0.29) is 11.5 Å². The van der Waals surface area contributed by atoms with Crippen LogP contribution in [0.4, 0.5) is 13.2 Å². The summed E-state index contributed by atoms with van der Waals surface area (Å²) in [6, 6.07) is 8.78. The lowest BCUT2D eigenvalue weighted by Crippen LogP contribution is -2.32. The number of hydrogen-bond acceptors (Lipinski definition) is 4. The highest BCUT2D eigenvalue weighted by Crippen LogP contribution is 2.43. The Morgan fingerprint density at radius 1 is 1.33 bits per heavy atom. The lowest BCUT2D eigenvalue weighted by molar-refractivity contribution is -0.0578. The standard InChI is InChI=1S/C22H21ClF3N3S/c1-4-13(2)29-11-18(16-9-20(23)30-19(16)12-29)15-8-6-5-7-14(15)17(10-28-3)21(27)22(24,25)26/h4-10,18,27-28H,1-2,11-12H2,3H3/b17-10-,27-21?. The van der Waals surface area contributed by atoms with E-state index in [0.717, 1.165) is 16.1 Å². The van der Waals surface area contributed by atoms with Crippen LogP contribution in [0.15, 0.2) is 61.5 Å². The number of thiophene rings is 1. The molecule has 1 unspecified atom stereocenters. The molecular formula is C22H21ClF3N3S. The van der Waals surface area contributed by atoms with Crippen molar-refractivity contribution >= 4 is 34.2 Å². The first kappa shape index (κ1) is 22.2. The second-order valence-electron chi connectivity index (χ2n) is 6.86. The summed E-state index contributed by atoms with van der Waals surface area (Å²) in [6.45, 7) is 8.95. The number of nitrogens with one attached hydrogen (secondary N) is 2. The van der Waals surface area contributed by atoms with Gasteiger partial charge in [-0.05, 0) is 28.8 Å². The number of hydrogen-bond donors (Lipinski definition) is 2. The number of fused-ring (bicyclic) bond motifs is 1. The smallest absolute Gasteiger partial charge is 0.393 e. The summed E-state index contributed by atoms with van der Waals surface area (Å²) >= 11 is 7.73. The first-order valence-corrected chi connectivity index (χ1v) is 10.3. The zero-order chi connectivity index (χ0) is 22.1. The van der Waals surface area contributed by atoms with Crippen LogP contribution in [0.5, 0.6) is 0 Å². The van der Waals surface area contributed by atoms with E-state index < -0.39 is 11.9 Å². The van der Waals surface area contributed by atoms with Gasteiger partial charge in [0.25, 0.3) is 0 Å². The Labute approximate surface area is 182 Å². The van der Waals surface area contributed by atoms with Crippen LogP contribution in [0.25, 0.3) is 5.57 Å². The van der Waals surface area contributed by atoms with Gasteiger partial charge in [0.05, 0.1) is 10.9 Å². The number of rotatable bonds is 6. The van der Waals surface area contributed by atoms with Gasteiger partial charge in [-0.15, -0.1) is 11.3 Å². The van der Waals surface area contributed by atoms with Gasteiger partial charge in [0.1, 0.15) is 5.71 Å². The Hall–Kier alpha value is -2.51. The van der Waals surface area contributed by atoms with Gasteiger partial charge in [-0.25, -0.2) is 0 Å². The van der Waals surface area contributed by atoms with Crippen LogP contribution in [-0.4, -0.2) is 30.4 Å². The van der Waals surface area contributed by atoms with Gasteiger partial charge in [-0.1, -0.05) is 49.0 Å². The molecule has 2 N–H and O–H groups in total. The zero-order valence-electron chi connectivity index (χ0n) is 16.3. The highest BCUT2D eigenvalue weighted by molar-refractivity contribution is 7.16. The molecule has 3 rings (SSSR count). The van der Waals surface area contributed by atoms with Gasteiger partial charge >= 0.3 is 6.18 Å². The van der Waals surface area contributed by atoms with Gasteiger partial charge in [-0.2, -0.15) is 13.2 Å². The fraction of sp³-hybridized carbons (Fsp3) is 0.227. The van der Waals surface area contributed by atoms with Gasteiger partial charge < -0.3 is 10.2 Å². The van der Waals surface area contributed by atoms with Crippen molar-refractivity contribution in [1.82, 2.24) is 10.2 Å². The van der Waals surface area contributed by atoms with Crippen molar-refractivity contribution in [2.24, 2.45) is 0 Å². The minimum absolute atomic E-state index is 0.205. The van der Waals surface area contributed by atoms with Crippen LogP contribution >= 0.6 is 22.9 Å². The van der Waals surface area contributed by atoms with Crippen molar-refractivity contribution in [3.05, 3.63) is 87.4 Å². The van der Waals surface area contributed by atoms with Crippen molar-refractivity contribution < 1.29 is 13.2 Å².